The van der Waals surface area contributed by atoms with Gasteiger partial charge in [-0.25, -0.2) is 4.79 Å². The smallest absolute Gasteiger partial charge is 1.00 e. The first kappa shape index (κ1) is 14.6. The van der Waals surface area contributed by atoms with Gasteiger partial charge in [0, 0.05) is 6.08 Å². The molecule has 0 atom stereocenters. The van der Waals surface area contributed by atoms with Crippen molar-refractivity contribution in [1.82, 2.24) is 0 Å². The summed E-state index contributed by atoms with van der Waals surface area (Å²) >= 11 is 0. The third-order valence-electron chi connectivity index (χ3n) is 0.897. The van der Waals surface area contributed by atoms with Crippen molar-refractivity contribution < 1.29 is 26.7 Å². The number of ether oxygens (including phenoxy) is 2. The van der Waals surface area contributed by atoms with Gasteiger partial charge in [-0.2, -0.15) is 0 Å². The average molecular weight is 198 g/mol. The van der Waals surface area contributed by atoms with Crippen molar-refractivity contribution >= 4 is 41.0 Å². The number of hydrogen-bond donors (Lipinski definition) is 0. The third-order valence-corrected chi connectivity index (χ3v) is 0.897. The Morgan fingerprint density at radius 1 is 1.38 bits per heavy atom. The Hall–Kier alpha value is -0.884. The number of carbonyl (C=O) groups is 3. The normalized spacial score (nSPS) is 7.77. The quantitative estimate of drug-likeness (QED) is 0.268. The van der Waals surface area contributed by atoms with Gasteiger partial charge in [0.15, 0.2) is 0 Å². The Morgan fingerprint density at radius 2 is 1.92 bits per heavy atom. The fourth-order valence-corrected chi connectivity index (χ4v) is 0.380. The number of esters is 3. The van der Waals surface area contributed by atoms with Gasteiger partial charge < -0.3 is 12.3 Å². The van der Waals surface area contributed by atoms with Gasteiger partial charge in [-0.1, -0.05) is 6.58 Å². The molecule has 0 saturated carbocycles. The summed E-state index contributed by atoms with van der Waals surface area (Å²) in [5.74, 6) is -2.59. The first-order valence-electron chi connectivity index (χ1n) is 3.04. The standard InChI is InChI=1S/C7H8O5.Mg.2H/c1-3-5(8)12-7(10)4-6(9)11-2;;;/h3H,1,4H2,2H3;;;/q;+2;2*-1. The summed E-state index contributed by atoms with van der Waals surface area (Å²) < 4.78 is 8.23. The molecule has 0 saturated heterocycles. The molecular weight excluding hydrogens is 188 g/mol. The molecule has 0 rings (SSSR count). The number of carbonyl (C=O) groups excluding carboxylic acids is 3. The van der Waals surface area contributed by atoms with Crippen LogP contribution < -0.4 is 0 Å². The van der Waals surface area contributed by atoms with Crippen LogP contribution in [0.2, 0.25) is 0 Å². The van der Waals surface area contributed by atoms with Gasteiger partial charge in [-0.3, -0.25) is 9.59 Å². The maximum Gasteiger partial charge on any atom is 2.00 e. The third kappa shape index (κ3) is 7.48. The van der Waals surface area contributed by atoms with Crippen molar-refractivity contribution in [2.24, 2.45) is 0 Å². The zero-order valence-corrected chi connectivity index (χ0v) is 8.65. The minimum atomic E-state index is -0.952. The summed E-state index contributed by atoms with van der Waals surface area (Å²) in [7, 11) is 1.13. The fraction of sp³-hybridized carbons (Fsp3) is 0.286. The predicted octanol–water partition coefficient (Wildman–Crippen LogP) is -0.351. The van der Waals surface area contributed by atoms with Crippen molar-refractivity contribution in [2.45, 2.75) is 6.42 Å². The van der Waals surface area contributed by atoms with Crippen LogP contribution in [0.15, 0.2) is 12.7 Å². The topological polar surface area (TPSA) is 69.7 Å². The molecule has 0 spiro atoms. The van der Waals surface area contributed by atoms with Crippen LogP contribution in [0.1, 0.15) is 9.27 Å². The molecule has 0 N–H and O–H groups in total. The summed E-state index contributed by atoms with van der Waals surface area (Å²) in [5.41, 5.74) is 0. The Kier molecular flexibility index (Phi) is 8.72. The Balaban J connectivity index is -0.000000202. The molecule has 0 aliphatic rings. The summed E-state index contributed by atoms with van der Waals surface area (Å²) in [5, 5.41) is 0. The largest absolute Gasteiger partial charge is 2.00 e. The van der Waals surface area contributed by atoms with E-state index in [0.717, 1.165) is 13.2 Å². The van der Waals surface area contributed by atoms with Gasteiger partial charge in [0.1, 0.15) is 6.42 Å². The van der Waals surface area contributed by atoms with Gasteiger partial charge in [-0.15, -0.1) is 0 Å². The Bertz CT molecular complexity index is 231. The zero-order chi connectivity index (χ0) is 9.56. The van der Waals surface area contributed by atoms with E-state index in [0.29, 0.717) is 0 Å². The van der Waals surface area contributed by atoms with Crippen LogP contribution in [-0.2, 0) is 23.9 Å². The second-order valence-electron chi connectivity index (χ2n) is 1.75. The monoisotopic (exact) mass is 198 g/mol. The van der Waals surface area contributed by atoms with E-state index in [9.17, 15) is 14.4 Å². The van der Waals surface area contributed by atoms with E-state index in [1.807, 2.05) is 0 Å². The van der Waals surface area contributed by atoms with Crippen LogP contribution in [-0.4, -0.2) is 48.1 Å². The number of hydrogen-bond acceptors (Lipinski definition) is 5. The summed E-state index contributed by atoms with van der Waals surface area (Å²) in [6.07, 6.45) is 0.255. The molecule has 0 aromatic rings. The number of rotatable bonds is 3. The SMILES string of the molecule is C=CC(=O)OC(=O)CC(=O)OC.[H-].[H-].[Mg+2]. The Labute approximate surface area is 94.2 Å². The molecule has 0 radical (unpaired) electrons. The van der Waals surface area contributed by atoms with Crippen LogP contribution in [0.25, 0.3) is 0 Å². The van der Waals surface area contributed by atoms with Gasteiger partial charge in [-0.05, 0) is 0 Å². The molecule has 0 bridgehead atoms. The molecular formula is C7H10MgO5. The van der Waals surface area contributed by atoms with E-state index >= 15 is 0 Å². The van der Waals surface area contributed by atoms with Crippen molar-refractivity contribution in [3.8, 4) is 0 Å². The first-order chi connectivity index (χ1) is 5.60. The molecule has 6 heteroatoms. The molecule has 70 valence electrons. The fourth-order valence-electron chi connectivity index (χ4n) is 0.380. The van der Waals surface area contributed by atoms with Crippen molar-refractivity contribution in [3.63, 3.8) is 0 Å². The van der Waals surface area contributed by atoms with Crippen molar-refractivity contribution in [1.29, 1.82) is 0 Å². The van der Waals surface area contributed by atoms with Gasteiger partial charge >= 0.3 is 41.0 Å². The van der Waals surface area contributed by atoms with E-state index in [2.05, 4.69) is 16.1 Å². The molecule has 0 heterocycles. The van der Waals surface area contributed by atoms with Crippen molar-refractivity contribution in [2.75, 3.05) is 7.11 Å². The molecule has 0 aromatic heterocycles. The number of methoxy groups -OCH3 is 1. The molecule has 13 heavy (non-hydrogen) atoms. The first-order valence-corrected chi connectivity index (χ1v) is 3.04. The van der Waals surface area contributed by atoms with E-state index in [1.54, 1.807) is 0 Å². The maximum atomic E-state index is 10.6. The second kappa shape index (κ2) is 7.75. The zero-order valence-electron chi connectivity index (χ0n) is 9.24. The maximum absolute atomic E-state index is 10.6. The van der Waals surface area contributed by atoms with Crippen LogP contribution in [0, 0.1) is 0 Å². The molecule has 0 aliphatic heterocycles. The summed E-state index contributed by atoms with van der Waals surface area (Å²) in [6.45, 7) is 3.07. The van der Waals surface area contributed by atoms with Crippen LogP contribution in [0.4, 0.5) is 0 Å². The van der Waals surface area contributed by atoms with Crippen LogP contribution in [0.3, 0.4) is 0 Å². The van der Waals surface area contributed by atoms with Gasteiger partial charge in [0.25, 0.3) is 0 Å². The summed E-state index contributed by atoms with van der Waals surface area (Å²) in [4.78, 5) is 31.4. The molecule has 0 amide bonds. The van der Waals surface area contributed by atoms with Crippen LogP contribution in [0.5, 0.6) is 0 Å². The summed E-state index contributed by atoms with van der Waals surface area (Å²) in [6, 6.07) is 0. The van der Waals surface area contributed by atoms with Crippen molar-refractivity contribution in [3.05, 3.63) is 12.7 Å². The molecule has 0 unspecified atom stereocenters. The van der Waals surface area contributed by atoms with Gasteiger partial charge in [0.05, 0.1) is 7.11 Å². The van der Waals surface area contributed by atoms with E-state index in [1.165, 1.54) is 0 Å². The minimum Gasteiger partial charge on any atom is -1.00 e. The molecule has 5 nitrogen and oxygen atoms in total. The van der Waals surface area contributed by atoms with E-state index in [-0.39, 0.29) is 25.9 Å². The molecule has 0 aromatic carbocycles. The minimum absolute atomic E-state index is 0. The second-order valence-corrected chi connectivity index (χ2v) is 1.75. The average Bonchev–Trinajstić information content (AvgIpc) is 2.03. The Morgan fingerprint density at radius 3 is 2.31 bits per heavy atom. The molecule has 0 fully saturated rings. The molecule has 0 aliphatic carbocycles. The predicted molar refractivity (Wildman–Crippen MR) is 45.9 cm³/mol. The van der Waals surface area contributed by atoms with Gasteiger partial charge in [0.2, 0.25) is 0 Å². The van der Waals surface area contributed by atoms with Crippen LogP contribution >= 0.6 is 0 Å². The van der Waals surface area contributed by atoms with E-state index in [4.69, 9.17) is 0 Å². The van der Waals surface area contributed by atoms with E-state index < -0.39 is 24.3 Å².